The number of aromatic amines is 1. The van der Waals surface area contributed by atoms with Crippen LogP contribution in [0.4, 0.5) is 0 Å². The lowest BCUT2D eigenvalue weighted by molar-refractivity contribution is 0.369. The van der Waals surface area contributed by atoms with Gasteiger partial charge in [0, 0.05) is 29.0 Å². The fraction of sp³-hybridized carbons (Fsp3) is 0.333. The van der Waals surface area contributed by atoms with E-state index >= 15 is 0 Å². The molecule has 0 amide bonds. The van der Waals surface area contributed by atoms with Gasteiger partial charge in [0.2, 0.25) is 0 Å². The Morgan fingerprint density at radius 2 is 2.17 bits per heavy atom. The summed E-state index contributed by atoms with van der Waals surface area (Å²) in [6.07, 6.45) is 5.97. The standard InChI is InChI=1S/C15H15ClN2/c16-10-4-5-13-12(9-10)11-6-8-18-7-2-1-3-14(18)15(11)17-13/h3-5,9,17H,1-2,6-8H2. The highest BCUT2D eigenvalue weighted by molar-refractivity contribution is 6.31. The summed E-state index contributed by atoms with van der Waals surface area (Å²) in [4.78, 5) is 6.08. The van der Waals surface area contributed by atoms with Crippen molar-refractivity contribution in [3.05, 3.63) is 40.6 Å². The Bertz CT molecular complexity index is 654. The van der Waals surface area contributed by atoms with Crippen LogP contribution >= 0.6 is 11.6 Å². The van der Waals surface area contributed by atoms with Crippen molar-refractivity contribution in [3.8, 4) is 0 Å². The minimum absolute atomic E-state index is 0.823. The van der Waals surface area contributed by atoms with Gasteiger partial charge in [-0.25, -0.2) is 0 Å². The highest BCUT2D eigenvalue weighted by Gasteiger charge is 2.25. The fourth-order valence-corrected chi connectivity index (χ4v) is 3.38. The molecule has 0 aliphatic carbocycles. The molecule has 3 heteroatoms. The van der Waals surface area contributed by atoms with E-state index < -0.39 is 0 Å². The first-order valence-corrected chi connectivity index (χ1v) is 6.96. The Hall–Kier alpha value is -1.41. The number of nitrogens with zero attached hydrogens (tertiary/aromatic N) is 1. The van der Waals surface area contributed by atoms with E-state index in [1.54, 1.807) is 0 Å². The molecule has 0 spiro atoms. The van der Waals surface area contributed by atoms with Crippen molar-refractivity contribution < 1.29 is 0 Å². The largest absolute Gasteiger partial charge is 0.370 e. The Labute approximate surface area is 111 Å². The van der Waals surface area contributed by atoms with Gasteiger partial charge >= 0.3 is 0 Å². The van der Waals surface area contributed by atoms with Crippen molar-refractivity contribution in [2.45, 2.75) is 19.3 Å². The molecule has 0 bridgehead atoms. The third-order valence-corrected chi connectivity index (χ3v) is 4.30. The third kappa shape index (κ3) is 1.42. The molecular weight excluding hydrogens is 244 g/mol. The molecule has 0 saturated heterocycles. The van der Waals surface area contributed by atoms with Crippen LogP contribution in [-0.2, 0) is 6.42 Å². The van der Waals surface area contributed by atoms with Crippen LogP contribution in [-0.4, -0.2) is 23.0 Å². The van der Waals surface area contributed by atoms with Gasteiger partial charge in [-0.05, 0) is 43.0 Å². The van der Waals surface area contributed by atoms with E-state index in [2.05, 4.69) is 28.1 Å². The molecule has 2 aromatic rings. The van der Waals surface area contributed by atoms with E-state index in [0.29, 0.717) is 0 Å². The molecule has 18 heavy (non-hydrogen) atoms. The summed E-state index contributed by atoms with van der Waals surface area (Å²) >= 11 is 6.12. The summed E-state index contributed by atoms with van der Waals surface area (Å²) in [5.74, 6) is 0. The van der Waals surface area contributed by atoms with Crippen LogP contribution in [0, 0.1) is 0 Å². The van der Waals surface area contributed by atoms with Gasteiger partial charge in [0.25, 0.3) is 0 Å². The average Bonchev–Trinajstić information content (AvgIpc) is 2.77. The zero-order valence-electron chi connectivity index (χ0n) is 10.2. The zero-order valence-corrected chi connectivity index (χ0v) is 10.9. The van der Waals surface area contributed by atoms with Crippen LogP contribution in [0.15, 0.2) is 24.3 Å². The Morgan fingerprint density at radius 3 is 3.11 bits per heavy atom. The lowest BCUT2D eigenvalue weighted by Gasteiger charge is -2.34. The number of hydrogen-bond acceptors (Lipinski definition) is 1. The number of benzene rings is 1. The maximum absolute atomic E-state index is 6.12. The molecule has 0 fully saturated rings. The summed E-state index contributed by atoms with van der Waals surface area (Å²) in [6, 6.07) is 6.13. The molecule has 3 heterocycles. The molecule has 2 aliphatic rings. The van der Waals surface area contributed by atoms with Crippen molar-refractivity contribution in [1.82, 2.24) is 9.88 Å². The number of aromatic nitrogens is 1. The van der Waals surface area contributed by atoms with E-state index in [1.165, 1.54) is 47.2 Å². The fourth-order valence-electron chi connectivity index (χ4n) is 3.21. The number of hydrogen-bond donors (Lipinski definition) is 1. The molecule has 0 saturated carbocycles. The van der Waals surface area contributed by atoms with Gasteiger partial charge in [-0.3, -0.25) is 0 Å². The molecule has 4 rings (SSSR count). The van der Waals surface area contributed by atoms with Gasteiger partial charge < -0.3 is 9.88 Å². The van der Waals surface area contributed by atoms with Crippen molar-refractivity contribution in [3.63, 3.8) is 0 Å². The monoisotopic (exact) mass is 258 g/mol. The van der Waals surface area contributed by atoms with Crippen LogP contribution < -0.4 is 0 Å². The van der Waals surface area contributed by atoms with Crippen molar-refractivity contribution in [2.24, 2.45) is 0 Å². The summed E-state index contributed by atoms with van der Waals surface area (Å²) in [5, 5.41) is 2.12. The molecule has 0 atom stereocenters. The van der Waals surface area contributed by atoms with E-state index in [9.17, 15) is 0 Å². The van der Waals surface area contributed by atoms with Crippen LogP contribution in [0.3, 0.4) is 0 Å². The van der Waals surface area contributed by atoms with Gasteiger partial charge in [-0.15, -0.1) is 0 Å². The molecule has 92 valence electrons. The van der Waals surface area contributed by atoms with E-state index in [-0.39, 0.29) is 0 Å². The van der Waals surface area contributed by atoms with Crippen LogP contribution in [0.5, 0.6) is 0 Å². The van der Waals surface area contributed by atoms with Crippen molar-refractivity contribution in [1.29, 1.82) is 0 Å². The number of halogens is 1. The van der Waals surface area contributed by atoms with Crippen LogP contribution in [0.1, 0.15) is 24.1 Å². The molecule has 2 aliphatic heterocycles. The topological polar surface area (TPSA) is 19.0 Å². The number of allylic oxidation sites excluding steroid dienone is 1. The number of rotatable bonds is 0. The maximum atomic E-state index is 6.12. The molecule has 0 unspecified atom stereocenters. The average molecular weight is 259 g/mol. The van der Waals surface area contributed by atoms with Crippen LogP contribution in [0.25, 0.3) is 16.6 Å². The Morgan fingerprint density at radius 1 is 1.22 bits per heavy atom. The smallest absolute Gasteiger partial charge is 0.0658 e. The Balaban J connectivity index is 1.98. The lowest BCUT2D eigenvalue weighted by Crippen LogP contribution is -2.32. The van der Waals surface area contributed by atoms with E-state index in [4.69, 9.17) is 11.6 Å². The maximum Gasteiger partial charge on any atom is 0.0658 e. The van der Waals surface area contributed by atoms with Gasteiger partial charge in [0.1, 0.15) is 0 Å². The van der Waals surface area contributed by atoms with Crippen LogP contribution in [0.2, 0.25) is 5.02 Å². The van der Waals surface area contributed by atoms with Gasteiger partial charge in [-0.2, -0.15) is 0 Å². The number of nitrogens with one attached hydrogen (secondary N) is 1. The second kappa shape index (κ2) is 3.79. The van der Waals surface area contributed by atoms with Gasteiger partial charge in [0.05, 0.1) is 11.4 Å². The second-order valence-electron chi connectivity index (χ2n) is 5.14. The third-order valence-electron chi connectivity index (χ3n) is 4.07. The lowest BCUT2D eigenvalue weighted by atomic mass is 9.97. The first-order valence-electron chi connectivity index (χ1n) is 6.58. The molecule has 0 radical (unpaired) electrons. The first-order chi connectivity index (χ1) is 8.83. The number of fused-ring (bicyclic) bond motifs is 5. The molecule has 1 aromatic carbocycles. The van der Waals surface area contributed by atoms with Crippen molar-refractivity contribution in [2.75, 3.05) is 13.1 Å². The minimum Gasteiger partial charge on any atom is -0.370 e. The molecule has 1 aromatic heterocycles. The normalized spacial score (nSPS) is 18.5. The van der Waals surface area contributed by atoms with E-state index in [1.807, 2.05) is 6.07 Å². The van der Waals surface area contributed by atoms with E-state index in [0.717, 1.165) is 18.0 Å². The van der Waals surface area contributed by atoms with Crippen molar-refractivity contribution >= 4 is 28.2 Å². The molecular formula is C15H15ClN2. The minimum atomic E-state index is 0.823. The summed E-state index contributed by atoms with van der Waals surface area (Å²) < 4.78 is 0. The van der Waals surface area contributed by atoms with Gasteiger partial charge in [-0.1, -0.05) is 17.7 Å². The molecule has 2 nitrogen and oxygen atoms in total. The van der Waals surface area contributed by atoms with Gasteiger partial charge in [0.15, 0.2) is 0 Å². The first kappa shape index (κ1) is 10.5. The zero-order chi connectivity index (χ0) is 12.1. The summed E-state index contributed by atoms with van der Waals surface area (Å²) in [7, 11) is 0. The highest BCUT2D eigenvalue weighted by atomic mass is 35.5. The predicted octanol–water partition coefficient (Wildman–Crippen LogP) is 3.81. The quantitative estimate of drug-likeness (QED) is 0.761. The highest BCUT2D eigenvalue weighted by Crippen LogP contribution is 2.36. The predicted molar refractivity (Wildman–Crippen MR) is 75.8 cm³/mol. The number of H-pyrrole nitrogens is 1. The molecule has 1 N–H and O–H groups in total. The summed E-state index contributed by atoms with van der Waals surface area (Å²) in [5.41, 5.74) is 5.36. The SMILES string of the molecule is Clc1ccc2[nH]c3c(c2c1)CCN1CCCC=C31. The second-order valence-corrected chi connectivity index (χ2v) is 5.57. The summed E-state index contributed by atoms with van der Waals surface area (Å²) in [6.45, 7) is 2.33. The Kier molecular flexibility index (Phi) is 2.21.